The zero-order chi connectivity index (χ0) is 30.4. The summed E-state index contributed by atoms with van der Waals surface area (Å²) in [5.41, 5.74) is 0.153. The predicted molar refractivity (Wildman–Crippen MR) is 156 cm³/mol. The maximum atomic E-state index is 12.8. The number of aromatic nitrogens is 2. The Morgan fingerprint density at radius 3 is 1.86 bits per heavy atom. The van der Waals surface area contributed by atoms with Crippen molar-refractivity contribution in [2.75, 3.05) is 13.7 Å². The van der Waals surface area contributed by atoms with Gasteiger partial charge in [0.1, 0.15) is 5.60 Å². The van der Waals surface area contributed by atoms with E-state index < -0.39 is 53.1 Å². The summed E-state index contributed by atoms with van der Waals surface area (Å²) in [6.07, 6.45) is -1.94. The van der Waals surface area contributed by atoms with Gasteiger partial charge in [0, 0.05) is 25.1 Å². The molecule has 0 radical (unpaired) electrons. The van der Waals surface area contributed by atoms with Crippen LogP contribution < -0.4 is 11.2 Å². The Morgan fingerprint density at radius 2 is 1.40 bits per heavy atom. The van der Waals surface area contributed by atoms with Crippen LogP contribution in [0.4, 0.5) is 0 Å². The van der Waals surface area contributed by atoms with Crippen molar-refractivity contribution in [2.24, 2.45) is 5.92 Å². The van der Waals surface area contributed by atoms with Gasteiger partial charge in [-0.15, -0.1) is 0 Å². The van der Waals surface area contributed by atoms with E-state index in [4.69, 9.17) is 18.9 Å². The first-order valence-electron chi connectivity index (χ1n) is 13.8. The van der Waals surface area contributed by atoms with Gasteiger partial charge in [0.25, 0.3) is 5.56 Å². The van der Waals surface area contributed by atoms with Gasteiger partial charge >= 0.3 is 17.6 Å². The van der Waals surface area contributed by atoms with Crippen molar-refractivity contribution < 1.29 is 28.5 Å². The number of benzene rings is 3. The number of methoxy groups -OCH3 is 1. The van der Waals surface area contributed by atoms with E-state index in [-0.39, 0.29) is 13.0 Å². The molecule has 1 N–H and O–H groups in total. The second-order valence-corrected chi connectivity index (χ2v) is 10.2. The third kappa shape index (κ3) is 6.20. The van der Waals surface area contributed by atoms with Crippen molar-refractivity contribution in [1.82, 2.24) is 9.55 Å². The lowest BCUT2D eigenvalue weighted by Gasteiger charge is -2.37. The first-order chi connectivity index (χ1) is 20.8. The number of carbonyl (C=O) groups is 2. The second kappa shape index (κ2) is 13.0. The molecule has 2 heterocycles. The Balaban J connectivity index is 1.60. The number of esters is 2. The summed E-state index contributed by atoms with van der Waals surface area (Å²) in [6.45, 7) is 1.17. The molecule has 0 saturated carbocycles. The molecular weight excluding hydrogens is 552 g/mol. The van der Waals surface area contributed by atoms with E-state index in [1.807, 2.05) is 91.0 Å². The van der Waals surface area contributed by atoms with E-state index >= 15 is 0 Å². The van der Waals surface area contributed by atoms with Gasteiger partial charge in [-0.25, -0.2) is 4.79 Å². The molecule has 3 aromatic carbocycles. The van der Waals surface area contributed by atoms with Crippen LogP contribution in [0.3, 0.4) is 0 Å². The number of hydrogen-bond acceptors (Lipinski definition) is 8. The van der Waals surface area contributed by atoms with Crippen LogP contribution >= 0.6 is 0 Å². The summed E-state index contributed by atoms with van der Waals surface area (Å²) in [4.78, 5) is 51.6. The highest BCUT2D eigenvalue weighted by Crippen LogP contribution is 2.43. The van der Waals surface area contributed by atoms with Crippen LogP contribution in [-0.4, -0.2) is 47.4 Å². The smallest absolute Gasteiger partial charge is 0.330 e. The number of carbonyl (C=O) groups excluding carboxylic acids is 2. The quantitative estimate of drug-likeness (QED) is 0.222. The van der Waals surface area contributed by atoms with Crippen LogP contribution in [0.1, 0.15) is 36.3 Å². The minimum absolute atomic E-state index is 0.0628. The van der Waals surface area contributed by atoms with E-state index in [0.29, 0.717) is 0 Å². The molecule has 0 spiro atoms. The lowest BCUT2D eigenvalue weighted by molar-refractivity contribution is -0.156. The van der Waals surface area contributed by atoms with Gasteiger partial charge in [-0.05, 0) is 16.7 Å². The van der Waals surface area contributed by atoms with Crippen molar-refractivity contribution in [3.63, 3.8) is 0 Å². The molecule has 0 bridgehead atoms. The Labute approximate surface area is 247 Å². The maximum absolute atomic E-state index is 12.8. The van der Waals surface area contributed by atoms with Crippen molar-refractivity contribution in [1.29, 1.82) is 0 Å². The normalized spacial score (nSPS) is 20.0. The number of rotatable bonds is 10. The van der Waals surface area contributed by atoms with Gasteiger partial charge < -0.3 is 18.9 Å². The van der Waals surface area contributed by atoms with Crippen LogP contribution in [0, 0.1) is 5.92 Å². The molecule has 1 aliphatic rings. The number of aromatic amines is 1. The van der Waals surface area contributed by atoms with Crippen LogP contribution in [0.25, 0.3) is 0 Å². The molecule has 10 nitrogen and oxygen atoms in total. The van der Waals surface area contributed by atoms with E-state index in [2.05, 4.69) is 4.98 Å². The zero-order valence-corrected chi connectivity index (χ0v) is 23.8. The van der Waals surface area contributed by atoms with Gasteiger partial charge in [0.15, 0.2) is 12.3 Å². The lowest BCUT2D eigenvalue weighted by Crippen LogP contribution is -2.39. The molecule has 0 amide bonds. The second-order valence-electron chi connectivity index (χ2n) is 10.2. The fourth-order valence-corrected chi connectivity index (χ4v) is 5.63. The van der Waals surface area contributed by atoms with Crippen LogP contribution in [0.5, 0.6) is 0 Å². The summed E-state index contributed by atoms with van der Waals surface area (Å²) >= 11 is 0. The highest BCUT2D eigenvalue weighted by Gasteiger charge is 2.50. The molecule has 43 heavy (non-hydrogen) atoms. The third-order valence-electron chi connectivity index (χ3n) is 7.56. The molecule has 1 saturated heterocycles. The first-order valence-corrected chi connectivity index (χ1v) is 13.8. The van der Waals surface area contributed by atoms with Crippen LogP contribution in [-0.2, 0) is 34.1 Å². The summed E-state index contributed by atoms with van der Waals surface area (Å²) < 4.78 is 25.1. The predicted octanol–water partition coefficient (Wildman–Crippen LogP) is 3.55. The fraction of sp³-hybridized carbons (Fsp3) is 0.273. The van der Waals surface area contributed by atoms with Gasteiger partial charge in [-0.1, -0.05) is 91.0 Å². The first kappa shape index (κ1) is 29.7. The largest absolute Gasteiger partial charge is 0.469 e. The Hall–Kier alpha value is -4.80. The van der Waals surface area contributed by atoms with Gasteiger partial charge in [0.2, 0.25) is 0 Å². The van der Waals surface area contributed by atoms with Gasteiger partial charge in [-0.2, -0.15) is 0 Å². The summed E-state index contributed by atoms with van der Waals surface area (Å²) in [6, 6.07) is 30.4. The van der Waals surface area contributed by atoms with E-state index in [1.54, 1.807) is 0 Å². The van der Waals surface area contributed by atoms with Gasteiger partial charge in [0.05, 0.1) is 26.2 Å². The average molecular weight is 585 g/mol. The molecule has 4 aromatic rings. The molecule has 1 aromatic heterocycles. The molecule has 1 aliphatic heterocycles. The highest BCUT2D eigenvalue weighted by molar-refractivity contribution is 5.70. The SMILES string of the molecule is COC(=O)C[C@H]1[C@@H](OC(C)=O)[C@H](n2ccc(=O)[nH]c2=O)O[C@@H]1COC(c1ccccc1)(c1ccccc1)c1ccccc1. The molecule has 4 atom stereocenters. The average Bonchev–Trinajstić information content (AvgIpc) is 3.34. The molecule has 222 valence electrons. The van der Waals surface area contributed by atoms with E-state index in [0.717, 1.165) is 21.3 Å². The molecule has 1 fully saturated rings. The van der Waals surface area contributed by atoms with E-state index in [1.165, 1.54) is 26.3 Å². The van der Waals surface area contributed by atoms with Crippen LogP contribution in [0.2, 0.25) is 0 Å². The number of ether oxygens (including phenoxy) is 4. The highest BCUT2D eigenvalue weighted by atomic mass is 16.6. The summed E-state index contributed by atoms with van der Waals surface area (Å²) in [5, 5.41) is 0. The minimum Gasteiger partial charge on any atom is -0.469 e. The van der Waals surface area contributed by atoms with Crippen molar-refractivity contribution in [3.05, 3.63) is 141 Å². The molecule has 0 unspecified atom stereocenters. The minimum atomic E-state index is -1.14. The third-order valence-corrected chi connectivity index (χ3v) is 7.56. The molecule has 5 rings (SSSR count). The van der Waals surface area contributed by atoms with Crippen molar-refractivity contribution in [2.45, 2.75) is 37.4 Å². The number of nitrogens with one attached hydrogen (secondary N) is 1. The standard InChI is InChI=1S/C33H32N2O8/c1-22(36)42-30-26(20-29(38)40-2)27(43-31(30)35-19-18-28(37)34-32(35)39)21-41-33(23-12-6-3-7-13-23,24-14-8-4-9-15-24)25-16-10-5-11-17-25/h3-19,26-27,30-31H,20-21H2,1-2H3,(H,34,37,39)/t26-,27-,30-,31-/m1/s1. The maximum Gasteiger partial charge on any atom is 0.330 e. The van der Waals surface area contributed by atoms with E-state index in [9.17, 15) is 19.2 Å². The Bertz CT molecular complexity index is 1560. The summed E-state index contributed by atoms with van der Waals surface area (Å²) in [5.74, 6) is -1.93. The number of hydrogen-bond donors (Lipinski definition) is 1. The Kier molecular flexibility index (Phi) is 8.98. The topological polar surface area (TPSA) is 126 Å². The lowest BCUT2D eigenvalue weighted by atomic mass is 9.80. The number of H-pyrrole nitrogens is 1. The Morgan fingerprint density at radius 1 is 0.860 bits per heavy atom. The van der Waals surface area contributed by atoms with Crippen LogP contribution in [0.15, 0.2) is 113 Å². The fourth-order valence-electron chi connectivity index (χ4n) is 5.63. The molecule has 0 aliphatic carbocycles. The summed E-state index contributed by atoms with van der Waals surface area (Å²) in [7, 11) is 1.26. The monoisotopic (exact) mass is 584 g/mol. The van der Waals surface area contributed by atoms with Gasteiger partial charge in [-0.3, -0.25) is 23.9 Å². The van der Waals surface area contributed by atoms with Crippen molar-refractivity contribution in [3.8, 4) is 0 Å². The molecule has 10 heteroatoms. The number of nitrogens with zero attached hydrogens (tertiary/aromatic N) is 1. The molecular formula is C33H32N2O8. The van der Waals surface area contributed by atoms with Crippen molar-refractivity contribution >= 4 is 11.9 Å². The zero-order valence-electron chi connectivity index (χ0n) is 23.8.